The summed E-state index contributed by atoms with van der Waals surface area (Å²) in [5.74, 6) is -0.364. The molecular weight excluding hydrogens is 237 g/mol. The molecule has 0 aromatic carbocycles. The Morgan fingerprint density at radius 3 is 2.80 bits per heavy atom. The molecule has 0 saturated carbocycles. The first-order valence-corrected chi connectivity index (χ1v) is 4.98. The van der Waals surface area contributed by atoms with Crippen LogP contribution in [-0.2, 0) is 0 Å². The van der Waals surface area contributed by atoms with E-state index >= 15 is 0 Å². The fourth-order valence-electron chi connectivity index (χ4n) is 1.35. The maximum Gasteiger partial charge on any atom is 1.00 e. The van der Waals surface area contributed by atoms with Gasteiger partial charge in [-0.05, 0) is 24.5 Å². The van der Waals surface area contributed by atoms with Crippen molar-refractivity contribution in [3.05, 3.63) is 11.5 Å². The molecule has 1 unspecified atom stereocenters. The number of rotatable bonds is 3. The van der Waals surface area contributed by atoms with Crippen LogP contribution < -0.4 is 67.1 Å². The Labute approximate surface area is 138 Å². The zero-order valence-electron chi connectivity index (χ0n) is 8.96. The van der Waals surface area contributed by atoms with Crippen LogP contribution in [0.1, 0.15) is 26.2 Å². The van der Waals surface area contributed by atoms with Crippen LogP contribution >= 0.6 is 12.2 Å². The van der Waals surface area contributed by atoms with Gasteiger partial charge in [0.2, 0.25) is 0 Å². The minimum absolute atomic E-state index is 0. The third-order valence-electron chi connectivity index (χ3n) is 2.09. The second-order valence-corrected chi connectivity index (χ2v) is 3.56. The molecule has 0 radical (unpaired) electrons. The van der Waals surface area contributed by atoms with E-state index in [1.165, 1.54) is 0 Å². The molecule has 0 aromatic rings. The van der Waals surface area contributed by atoms with Gasteiger partial charge in [0.1, 0.15) is 0 Å². The van der Waals surface area contributed by atoms with Crippen LogP contribution in [0, 0.1) is 11.3 Å². The van der Waals surface area contributed by atoms with E-state index in [-0.39, 0.29) is 68.9 Å². The average molecular weight is 249 g/mol. The maximum absolute atomic E-state index is 11.3. The zero-order valence-corrected chi connectivity index (χ0v) is 12.9. The van der Waals surface area contributed by atoms with Gasteiger partial charge in [-0.15, -0.1) is 0 Å². The van der Waals surface area contributed by atoms with Crippen molar-refractivity contribution in [2.24, 2.45) is 0 Å². The Morgan fingerprint density at radius 2 is 2.27 bits per heavy atom. The monoisotopic (exact) mass is 249 g/mol. The summed E-state index contributed by atoms with van der Waals surface area (Å²) >= 11 is 4.85. The van der Waals surface area contributed by atoms with E-state index in [2.05, 4.69) is 17.6 Å². The van der Waals surface area contributed by atoms with E-state index in [1.807, 2.05) is 6.07 Å². The molecule has 1 aliphatic rings. The van der Waals surface area contributed by atoms with E-state index < -0.39 is 0 Å². The molecule has 0 aliphatic carbocycles. The Kier molecular flexibility index (Phi) is 7.78. The van der Waals surface area contributed by atoms with Crippen molar-refractivity contribution < 1.29 is 56.5 Å². The molecule has 2 N–H and O–H groups in total. The molecule has 0 fully saturated rings. The number of nitrogens with zero attached hydrogens (tertiary/aromatic N) is 1. The summed E-state index contributed by atoms with van der Waals surface area (Å²) in [6.45, 7) is 2.06. The summed E-state index contributed by atoms with van der Waals surface area (Å²) in [7, 11) is 0. The van der Waals surface area contributed by atoms with Gasteiger partial charge in [0, 0.05) is 0 Å². The second-order valence-electron chi connectivity index (χ2n) is 3.15. The first-order chi connectivity index (χ1) is 6.69. The minimum Gasteiger partial charge on any atom is -0.859 e. The number of hydrogen-bond acceptors (Lipinski definition) is 3. The van der Waals surface area contributed by atoms with E-state index in [0.717, 1.165) is 19.3 Å². The van der Waals surface area contributed by atoms with Crippen LogP contribution in [0.3, 0.4) is 0 Å². The summed E-state index contributed by atoms with van der Waals surface area (Å²) < 4.78 is 0. The van der Waals surface area contributed by atoms with Gasteiger partial charge in [0.15, 0.2) is 5.11 Å². The predicted molar refractivity (Wildman–Crippen MR) is 54.8 cm³/mol. The summed E-state index contributed by atoms with van der Waals surface area (Å²) in [6, 6.07) is 1.71. The predicted octanol–water partition coefficient (Wildman–Crippen LogP) is -2.88. The van der Waals surface area contributed by atoms with Crippen LogP contribution in [0.4, 0.5) is 0 Å². The molecular formula is C9H12KN3OS. The summed E-state index contributed by atoms with van der Waals surface area (Å²) in [5, 5.41) is 25.7. The second kappa shape index (κ2) is 7.60. The molecule has 0 spiro atoms. The van der Waals surface area contributed by atoms with Gasteiger partial charge in [-0.25, -0.2) is 0 Å². The molecule has 6 heteroatoms. The van der Waals surface area contributed by atoms with E-state index in [1.54, 1.807) is 0 Å². The zero-order chi connectivity index (χ0) is 10.6. The number of thiocarbonyl (C=S) groups is 1. The van der Waals surface area contributed by atoms with Crippen LogP contribution in [0.2, 0.25) is 0 Å². The maximum atomic E-state index is 11.3. The Morgan fingerprint density at radius 1 is 1.60 bits per heavy atom. The van der Waals surface area contributed by atoms with E-state index in [9.17, 15) is 5.11 Å². The van der Waals surface area contributed by atoms with Gasteiger partial charge in [-0.1, -0.05) is 19.8 Å². The normalized spacial score (nSPS) is 19.7. The van der Waals surface area contributed by atoms with E-state index in [0.29, 0.717) is 5.11 Å². The van der Waals surface area contributed by atoms with Gasteiger partial charge in [-0.3, -0.25) is 0 Å². The molecule has 76 valence electrons. The topological polar surface area (TPSA) is 70.9 Å². The molecule has 1 aliphatic heterocycles. The Bertz CT molecular complexity index is 311. The quantitative estimate of drug-likeness (QED) is 0.415. The largest absolute Gasteiger partial charge is 1.00 e. The Balaban J connectivity index is 0.00000196. The number of nitriles is 1. The summed E-state index contributed by atoms with van der Waals surface area (Å²) in [5.41, 5.74) is 0.229. The molecule has 1 heterocycles. The smallest absolute Gasteiger partial charge is 0.859 e. The van der Waals surface area contributed by atoms with Crippen LogP contribution in [0.15, 0.2) is 11.5 Å². The first kappa shape index (κ1) is 15.4. The minimum atomic E-state index is -0.364. The van der Waals surface area contributed by atoms with Crippen molar-refractivity contribution in [2.45, 2.75) is 32.2 Å². The number of unbranched alkanes of at least 4 members (excludes halogenated alkanes) is 1. The van der Waals surface area contributed by atoms with Crippen molar-refractivity contribution in [3.63, 3.8) is 0 Å². The average Bonchev–Trinajstić information content (AvgIpc) is 2.14. The molecule has 0 aromatic heterocycles. The standard InChI is InChI=1S/C9H13N3OS.K/c1-2-3-4-7-6(5-10)8(13)12-9(14)11-7;/h7,13H,2-4H2,1H3,(H2,11,12,14);/q;+1/p-1. The van der Waals surface area contributed by atoms with Gasteiger partial charge in [0.25, 0.3) is 0 Å². The molecule has 1 rings (SSSR count). The van der Waals surface area contributed by atoms with E-state index in [4.69, 9.17) is 17.5 Å². The molecule has 15 heavy (non-hydrogen) atoms. The Hall–Kier alpha value is 0.356. The van der Waals surface area contributed by atoms with Crippen molar-refractivity contribution >= 4 is 17.3 Å². The third-order valence-corrected chi connectivity index (χ3v) is 2.31. The van der Waals surface area contributed by atoms with Crippen molar-refractivity contribution in [2.75, 3.05) is 0 Å². The fourth-order valence-corrected chi connectivity index (χ4v) is 1.58. The van der Waals surface area contributed by atoms with Gasteiger partial charge < -0.3 is 15.7 Å². The van der Waals surface area contributed by atoms with Gasteiger partial charge in [0.05, 0.1) is 17.7 Å². The van der Waals surface area contributed by atoms with Gasteiger partial charge in [-0.2, -0.15) is 5.26 Å². The van der Waals surface area contributed by atoms with Crippen molar-refractivity contribution in [1.29, 1.82) is 5.26 Å². The van der Waals surface area contributed by atoms with Crippen LogP contribution in [-0.4, -0.2) is 11.2 Å². The molecule has 0 amide bonds. The summed E-state index contributed by atoms with van der Waals surface area (Å²) in [6.07, 6.45) is 2.77. The molecule has 0 bridgehead atoms. The molecule has 0 saturated heterocycles. The van der Waals surface area contributed by atoms with Crippen molar-refractivity contribution in [1.82, 2.24) is 10.6 Å². The SMILES string of the molecule is CCCCC1NC(=S)NC([O-])=C1C#N.[K+]. The van der Waals surface area contributed by atoms with Crippen molar-refractivity contribution in [3.8, 4) is 6.07 Å². The van der Waals surface area contributed by atoms with Crippen LogP contribution in [0.25, 0.3) is 0 Å². The van der Waals surface area contributed by atoms with Gasteiger partial charge >= 0.3 is 51.4 Å². The molecule has 1 atom stereocenters. The van der Waals surface area contributed by atoms with Crippen LogP contribution in [0.5, 0.6) is 0 Å². The fraction of sp³-hybridized carbons (Fsp3) is 0.556. The summed E-state index contributed by atoms with van der Waals surface area (Å²) in [4.78, 5) is 0. The molecule has 4 nitrogen and oxygen atoms in total. The number of nitrogens with one attached hydrogen (secondary N) is 2. The first-order valence-electron chi connectivity index (χ1n) is 4.57. The third kappa shape index (κ3) is 4.39. The number of hydrogen-bond donors (Lipinski definition) is 2.